The lowest BCUT2D eigenvalue weighted by Crippen LogP contribution is -3.00. The molecule has 0 saturated carbocycles. The number of methoxy groups -OCH3 is 1. The van der Waals surface area contributed by atoms with Crippen LogP contribution in [0.4, 0.5) is 0 Å². The van der Waals surface area contributed by atoms with E-state index < -0.39 is 0 Å². The van der Waals surface area contributed by atoms with Crippen LogP contribution in [0.25, 0.3) is 21.8 Å². The molecular weight excluding hydrogens is 463 g/mol. The molecule has 0 aliphatic heterocycles. The van der Waals surface area contributed by atoms with Gasteiger partial charge >= 0.3 is 0 Å². The number of nitrogens with zero attached hydrogens (tertiary/aromatic N) is 1. The number of carbonyl (C=O) groups excluding carboxylic acids is 1. The van der Waals surface area contributed by atoms with Gasteiger partial charge in [-0.1, -0.05) is 23.2 Å². The first-order chi connectivity index (χ1) is 13.0. The summed E-state index contributed by atoms with van der Waals surface area (Å²) in [6.07, 6.45) is 1.94. The maximum absolute atomic E-state index is 12.7. The van der Waals surface area contributed by atoms with Crippen molar-refractivity contribution in [3.63, 3.8) is 0 Å². The van der Waals surface area contributed by atoms with Crippen molar-refractivity contribution in [3.05, 3.63) is 70.0 Å². The summed E-state index contributed by atoms with van der Waals surface area (Å²) >= 11 is 12.0. The van der Waals surface area contributed by atoms with Crippen molar-refractivity contribution in [1.82, 2.24) is 4.98 Å². The van der Waals surface area contributed by atoms with Crippen molar-refractivity contribution in [2.45, 2.75) is 13.5 Å². The van der Waals surface area contributed by atoms with E-state index in [1.54, 1.807) is 25.3 Å². The minimum atomic E-state index is -0.0289. The van der Waals surface area contributed by atoms with Gasteiger partial charge in [0, 0.05) is 35.4 Å². The van der Waals surface area contributed by atoms with Gasteiger partial charge < -0.3 is 26.7 Å². The van der Waals surface area contributed by atoms with E-state index in [2.05, 4.69) is 4.98 Å². The Morgan fingerprint density at radius 1 is 1.07 bits per heavy atom. The van der Waals surface area contributed by atoms with Crippen molar-refractivity contribution < 1.29 is 31.1 Å². The molecule has 4 rings (SSSR count). The largest absolute Gasteiger partial charge is 1.00 e. The Kier molecular flexibility index (Phi) is 5.98. The Balaban J connectivity index is 0.00000225. The van der Waals surface area contributed by atoms with Crippen LogP contribution in [0.3, 0.4) is 0 Å². The number of ether oxygens (including phenoxy) is 1. The monoisotopic (exact) mass is 478 g/mol. The summed E-state index contributed by atoms with van der Waals surface area (Å²) in [4.78, 5) is 16.1. The zero-order valence-corrected chi connectivity index (χ0v) is 18.3. The molecule has 0 fully saturated rings. The number of aromatic amines is 1. The lowest BCUT2D eigenvalue weighted by atomic mass is 10.1. The molecule has 0 amide bonds. The summed E-state index contributed by atoms with van der Waals surface area (Å²) in [5.74, 6) is 0.771. The average molecular weight is 480 g/mol. The van der Waals surface area contributed by atoms with E-state index in [1.807, 2.05) is 42.0 Å². The van der Waals surface area contributed by atoms with Gasteiger partial charge in [-0.2, -0.15) is 4.57 Å². The lowest BCUT2D eigenvalue weighted by Gasteiger charge is -2.03. The molecule has 0 aliphatic rings. The highest BCUT2D eigenvalue weighted by atomic mass is 79.9. The number of aryl methyl sites for hydroxylation is 1. The van der Waals surface area contributed by atoms with Crippen molar-refractivity contribution in [2.24, 2.45) is 0 Å². The Hall–Kier alpha value is -2.08. The molecule has 2 aromatic heterocycles. The van der Waals surface area contributed by atoms with Crippen molar-refractivity contribution >= 4 is 50.8 Å². The number of rotatable bonds is 4. The van der Waals surface area contributed by atoms with Crippen LogP contribution in [0.15, 0.2) is 48.7 Å². The standard InChI is InChI=1S/C21H16Cl2N2O2.BrH/c1-12-21-16(15-5-4-14(27-2)10-19(15)24-21)7-8-25(12)11-20(26)13-3-6-17(22)18(23)9-13;/h3-10H,11H2,1-2H3;1H. The van der Waals surface area contributed by atoms with Gasteiger partial charge in [-0.15, -0.1) is 0 Å². The number of nitrogens with one attached hydrogen (secondary N) is 1. The first-order valence-electron chi connectivity index (χ1n) is 8.44. The molecule has 0 unspecified atom stereocenters. The van der Waals surface area contributed by atoms with Crippen molar-refractivity contribution in [1.29, 1.82) is 0 Å². The predicted molar refractivity (Wildman–Crippen MR) is 108 cm³/mol. The number of Topliss-reactive ketones (excluding diaryl/α,β-unsaturated/α-hetero) is 1. The maximum atomic E-state index is 12.7. The average Bonchev–Trinajstić information content (AvgIpc) is 3.04. The molecule has 28 heavy (non-hydrogen) atoms. The first-order valence-corrected chi connectivity index (χ1v) is 9.20. The van der Waals surface area contributed by atoms with Crippen LogP contribution in [-0.2, 0) is 6.54 Å². The number of carbonyl (C=O) groups is 1. The second kappa shape index (κ2) is 8.11. The molecule has 1 N–H and O–H groups in total. The number of ketones is 1. The number of hydrogen-bond acceptors (Lipinski definition) is 2. The number of H-pyrrole nitrogens is 1. The molecule has 0 saturated heterocycles. The third kappa shape index (κ3) is 3.62. The summed E-state index contributed by atoms with van der Waals surface area (Å²) in [6, 6.07) is 12.9. The maximum Gasteiger partial charge on any atom is 0.227 e. The third-order valence-corrected chi connectivity index (χ3v) is 5.55. The second-order valence-electron chi connectivity index (χ2n) is 6.41. The van der Waals surface area contributed by atoms with Crippen molar-refractivity contribution in [3.8, 4) is 5.75 Å². The van der Waals surface area contributed by atoms with Crippen LogP contribution in [0.2, 0.25) is 10.0 Å². The van der Waals surface area contributed by atoms with Gasteiger partial charge in [0.1, 0.15) is 11.3 Å². The van der Waals surface area contributed by atoms with E-state index >= 15 is 0 Å². The highest BCUT2D eigenvalue weighted by Crippen LogP contribution is 2.29. The molecule has 2 aromatic carbocycles. The molecule has 2 heterocycles. The quantitative estimate of drug-likeness (QED) is 0.360. The number of fused-ring (bicyclic) bond motifs is 3. The highest BCUT2D eigenvalue weighted by molar-refractivity contribution is 6.42. The van der Waals surface area contributed by atoms with Gasteiger partial charge in [-0.3, -0.25) is 4.79 Å². The smallest absolute Gasteiger partial charge is 0.227 e. The lowest BCUT2D eigenvalue weighted by molar-refractivity contribution is -0.687. The SMILES string of the molecule is COc1ccc2c(c1)[nH]c1c(C)[n+](CC(=O)c3ccc(Cl)c(Cl)c3)ccc12.[Br-]. The van der Waals surface area contributed by atoms with Gasteiger partial charge in [0.2, 0.25) is 18.0 Å². The molecule has 144 valence electrons. The zero-order chi connectivity index (χ0) is 19.1. The minimum Gasteiger partial charge on any atom is -1.00 e. The van der Waals surface area contributed by atoms with Crippen LogP contribution < -0.4 is 26.3 Å². The minimum absolute atomic E-state index is 0. The van der Waals surface area contributed by atoms with Crippen molar-refractivity contribution in [2.75, 3.05) is 7.11 Å². The number of pyridine rings is 1. The van der Waals surface area contributed by atoms with E-state index in [4.69, 9.17) is 27.9 Å². The van der Waals surface area contributed by atoms with Crippen LogP contribution in [0.5, 0.6) is 5.75 Å². The molecule has 0 bridgehead atoms. The molecule has 0 spiro atoms. The summed E-state index contributed by atoms with van der Waals surface area (Å²) in [6.45, 7) is 2.22. The molecule has 0 radical (unpaired) electrons. The fraction of sp³-hybridized carbons (Fsp3) is 0.143. The zero-order valence-electron chi connectivity index (χ0n) is 15.2. The molecular formula is C21H17BrCl2N2O2. The Labute approximate surface area is 182 Å². The molecule has 4 aromatic rings. The van der Waals surface area contributed by atoms with Gasteiger partial charge in [0.25, 0.3) is 0 Å². The summed E-state index contributed by atoms with van der Waals surface area (Å²) < 4.78 is 7.23. The highest BCUT2D eigenvalue weighted by Gasteiger charge is 2.19. The number of hydrogen-bond donors (Lipinski definition) is 1. The van der Waals surface area contributed by atoms with Gasteiger partial charge in [-0.05, 0) is 30.3 Å². The Morgan fingerprint density at radius 2 is 1.86 bits per heavy atom. The number of benzene rings is 2. The van der Waals surface area contributed by atoms with Crippen LogP contribution in [0.1, 0.15) is 16.1 Å². The van der Waals surface area contributed by atoms with Crippen LogP contribution in [-0.4, -0.2) is 17.9 Å². The van der Waals surface area contributed by atoms with E-state index in [1.165, 1.54) is 0 Å². The summed E-state index contributed by atoms with van der Waals surface area (Å²) in [5, 5.41) is 3.05. The van der Waals surface area contributed by atoms with Crippen LogP contribution >= 0.6 is 23.2 Å². The third-order valence-electron chi connectivity index (χ3n) is 4.82. The van der Waals surface area contributed by atoms with Gasteiger partial charge in [0.05, 0.1) is 22.7 Å². The first kappa shape index (κ1) is 20.6. The fourth-order valence-electron chi connectivity index (χ4n) is 3.29. The van der Waals surface area contributed by atoms with E-state index in [0.29, 0.717) is 15.6 Å². The summed E-state index contributed by atoms with van der Waals surface area (Å²) in [5.41, 5.74) is 3.53. The van der Waals surface area contributed by atoms with E-state index in [9.17, 15) is 4.79 Å². The van der Waals surface area contributed by atoms with E-state index in [0.717, 1.165) is 33.2 Å². The number of aromatic nitrogens is 2. The molecule has 4 nitrogen and oxygen atoms in total. The Bertz CT molecular complexity index is 1200. The summed E-state index contributed by atoms with van der Waals surface area (Å²) in [7, 11) is 1.65. The molecule has 0 aliphatic carbocycles. The van der Waals surface area contributed by atoms with Gasteiger partial charge in [0.15, 0.2) is 6.20 Å². The molecule has 7 heteroatoms. The normalized spacial score (nSPS) is 10.9. The molecule has 0 atom stereocenters. The second-order valence-corrected chi connectivity index (χ2v) is 7.22. The Morgan fingerprint density at radius 3 is 2.57 bits per heavy atom. The predicted octanol–water partition coefficient (Wildman–Crippen LogP) is 2.12. The number of halogens is 3. The van der Waals surface area contributed by atoms with E-state index in [-0.39, 0.29) is 29.3 Å². The topological polar surface area (TPSA) is 46.0 Å². The van der Waals surface area contributed by atoms with Gasteiger partial charge in [-0.25, -0.2) is 0 Å². The van der Waals surface area contributed by atoms with Crippen LogP contribution in [0, 0.1) is 6.92 Å². The fourth-order valence-corrected chi connectivity index (χ4v) is 3.59.